The van der Waals surface area contributed by atoms with Gasteiger partial charge in [0.05, 0.1) is 0 Å². The number of hydrogen-bond acceptors (Lipinski definition) is 1. The van der Waals surface area contributed by atoms with E-state index in [0.29, 0.717) is 5.56 Å². The predicted molar refractivity (Wildman–Crippen MR) is 60.9 cm³/mol. The van der Waals surface area contributed by atoms with Crippen molar-refractivity contribution in [2.75, 3.05) is 0 Å². The minimum Gasteiger partial charge on any atom is -0.379 e. The molecule has 0 saturated heterocycles. The highest BCUT2D eigenvalue weighted by atomic mass is 19.4. The number of aliphatic hydroxyl groups excluding tert-OH is 1. The highest BCUT2D eigenvalue weighted by Crippen LogP contribution is 2.32. The second-order valence-corrected chi connectivity index (χ2v) is 4.15. The molecule has 2 nitrogen and oxygen atoms in total. The number of rotatable bonds is 3. The molecule has 1 N–H and O–H groups in total. The summed E-state index contributed by atoms with van der Waals surface area (Å²) in [5, 5.41) is 9.08. The highest BCUT2D eigenvalue weighted by molar-refractivity contribution is 5.20. The highest BCUT2D eigenvalue weighted by Gasteiger charge is 2.39. The molecule has 2 rings (SSSR count). The van der Waals surface area contributed by atoms with Crippen molar-refractivity contribution in [3.8, 4) is 0 Å². The average Bonchev–Trinajstić information content (AvgIpc) is 2.78. The summed E-state index contributed by atoms with van der Waals surface area (Å²) in [5.74, 6) is -0.422. The Morgan fingerprint density at radius 1 is 1.16 bits per heavy atom. The van der Waals surface area contributed by atoms with Crippen molar-refractivity contribution >= 4 is 0 Å². The fourth-order valence-corrected chi connectivity index (χ4v) is 1.73. The molecule has 0 fully saturated rings. The van der Waals surface area contributed by atoms with Crippen molar-refractivity contribution in [3.63, 3.8) is 0 Å². The van der Waals surface area contributed by atoms with Gasteiger partial charge in [-0.2, -0.15) is 13.2 Å². The Balaban J connectivity index is 2.16. The number of benzene rings is 1. The minimum atomic E-state index is -4.70. The Hall–Kier alpha value is -1.82. The Bertz CT molecular complexity index is 562. The van der Waals surface area contributed by atoms with Crippen LogP contribution in [0.25, 0.3) is 0 Å². The first-order valence-electron chi connectivity index (χ1n) is 5.52. The molecule has 19 heavy (non-hydrogen) atoms. The summed E-state index contributed by atoms with van der Waals surface area (Å²) < 4.78 is 51.7. The van der Waals surface area contributed by atoms with Gasteiger partial charge < -0.3 is 9.67 Å². The molecule has 0 aliphatic heterocycles. The van der Waals surface area contributed by atoms with Gasteiger partial charge >= 0.3 is 6.18 Å². The molecule has 102 valence electrons. The van der Waals surface area contributed by atoms with Crippen LogP contribution in [0, 0.1) is 5.82 Å². The van der Waals surface area contributed by atoms with Gasteiger partial charge in [-0.1, -0.05) is 18.2 Å². The van der Waals surface area contributed by atoms with E-state index in [4.69, 9.17) is 5.11 Å². The summed E-state index contributed by atoms with van der Waals surface area (Å²) in [6.07, 6.45) is -4.69. The number of aliphatic hydroxyl groups is 1. The van der Waals surface area contributed by atoms with Crippen molar-refractivity contribution in [1.29, 1.82) is 0 Å². The van der Waals surface area contributed by atoms with Crippen molar-refractivity contribution in [3.05, 3.63) is 59.7 Å². The van der Waals surface area contributed by atoms with E-state index in [-0.39, 0.29) is 12.1 Å². The fourth-order valence-electron chi connectivity index (χ4n) is 1.73. The van der Waals surface area contributed by atoms with E-state index >= 15 is 0 Å². The SMILES string of the molecule is OC(c1ccn(Cc2ccccc2F)c1)C(F)(F)F. The molecule has 0 aliphatic rings. The van der Waals surface area contributed by atoms with Gasteiger partial charge in [0, 0.05) is 30.1 Å². The number of nitrogens with zero attached hydrogens (tertiary/aromatic N) is 1. The summed E-state index contributed by atoms with van der Waals surface area (Å²) >= 11 is 0. The van der Waals surface area contributed by atoms with Crippen LogP contribution in [-0.2, 0) is 6.54 Å². The summed E-state index contributed by atoms with van der Waals surface area (Å²) in [7, 11) is 0. The summed E-state index contributed by atoms with van der Waals surface area (Å²) in [4.78, 5) is 0. The monoisotopic (exact) mass is 273 g/mol. The van der Waals surface area contributed by atoms with E-state index in [1.807, 2.05) is 0 Å². The van der Waals surface area contributed by atoms with Crippen molar-refractivity contribution in [1.82, 2.24) is 4.57 Å². The molecule has 1 unspecified atom stereocenters. The number of halogens is 4. The topological polar surface area (TPSA) is 25.2 Å². The van der Waals surface area contributed by atoms with Gasteiger partial charge in [0.25, 0.3) is 0 Å². The molecule has 1 heterocycles. The van der Waals surface area contributed by atoms with E-state index in [0.717, 1.165) is 6.20 Å². The fraction of sp³-hybridized carbons (Fsp3) is 0.231. The largest absolute Gasteiger partial charge is 0.418 e. The van der Waals surface area contributed by atoms with E-state index in [1.165, 1.54) is 29.0 Å². The second kappa shape index (κ2) is 5.05. The Kier molecular flexibility index (Phi) is 3.61. The van der Waals surface area contributed by atoms with Gasteiger partial charge in [0.1, 0.15) is 5.82 Å². The van der Waals surface area contributed by atoms with Crippen LogP contribution in [0.2, 0.25) is 0 Å². The average molecular weight is 273 g/mol. The van der Waals surface area contributed by atoms with Crippen LogP contribution in [0.15, 0.2) is 42.7 Å². The van der Waals surface area contributed by atoms with Gasteiger partial charge in [-0.25, -0.2) is 4.39 Å². The van der Waals surface area contributed by atoms with E-state index < -0.39 is 18.1 Å². The van der Waals surface area contributed by atoms with Crippen LogP contribution < -0.4 is 0 Å². The standard InChI is InChI=1S/C13H11F4NO/c14-11-4-2-1-3-9(11)7-18-6-5-10(8-18)12(19)13(15,16)17/h1-6,8,12,19H,7H2. The zero-order valence-electron chi connectivity index (χ0n) is 9.73. The lowest BCUT2D eigenvalue weighted by molar-refractivity contribution is -0.206. The Labute approximate surface area is 106 Å². The summed E-state index contributed by atoms with van der Waals surface area (Å²) in [5.41, 5.74) is 0.106. The molecule has 1 atom stereocenters. The molecule has 0 bridgehead atoms. The molecule has 1 aromatic heterocycles. The van der Waals surface area contributed by atoms with Gasteiger partial charge in [0.15, 0.2) is 6.10 Å². The molecular formula is C13H11F4NO. The lowest BCUT2D eigenvalue weighted by atomic mass is 10.2. The molecule has 2 aromatic rings. The Morgan fingerprint density at radius 3 is 2.47 bits per heavy atom. The van der Waals surface area contributed by atoms with Gasteiger partial charge in [0.2, 0.25) is 0 Å². The molecule has 1 aromatic carbocycles. The second-order valence-electron chi connectivity index (χ2n) is 4.15. The van der Waals surface area contributed by atoms with Gasteiger partial charge in [-0.05, 0) is 12.1 Å². The van der Waals surface area contributed by atoms with Crippen molar-refractivity contribution in [2.45, 2.75) is 18.8 Å². The molecule has 0 spiro atoms. The van der Waals surface area contributed by atoms with Crippen LogP contribution in [0.3, 0.4) is 0 Å². The van der Waals surface area contributed by atoms with Crippen LogP contribution in [0.1, 0.15) is 17.2 Å². The van der Waals surface area contributed by atoms with Crippen LogP contribution in [-0.4, -0.2) is 15.8 Å². The van der Waals surface area contributed by atoms with Crippen LogP contribution in [0.5, 0.6) is 0 Å². The maximum Gasteiger partial charge on any atom is 0.418 e. The third kappa shape index (κ3) is 3.14. The van der Waals surface area contributed by atoms with E-state index in [2.05, 4.69) is 0 Å². The Morgan fingerprint density at radius 2 is 1.84 bits per heavy atom. The third-order valence-electron chi connectivity index (χ3n) is 2.71. The number of alkyl halides is 3. The van der Waals surface area contributed by atoms with Gasteiger partial charge in [-0.3, -0.25) is 0 Å². The first-order chi connectivity index (χ1) is 8.88. The third-order valence-corrected chi connectivity index (χ3v) is 2.71. The summed E-state index contributed by atoms with van der Waals surface area (Å²) in [6, 6.07) is 7.18. The van der Waals surface area contributed by atoms with Crippen molar-refractivity contribution in [2.24, 2.45) is 0 Å². The smallest absolute Gasteiger partial charge is 0.379 e. The molecule has 0 aliphatic carbocycles. The zero-order valence-corrected chi connectivity index (χ0v) is 9.73. The molecule has 0 radical (unpaired) electrons. The van der Waals surface area contributed by atoms with Crippen LogP contribution in [0.4, 0.5) is 17.6 Å². The quantitative estimate of drug-likeness (QED) is 0.853. The normalized spacial score (nSPS) is 13.5. The van der Waals surface area contributed by atoms with E-state index in [9.17, 15) is 17.6 Å². The maximum absolute atomic E-state index is 13.4. The zero-order chi connectivity index (χ0) is 14.0. The molecule has 0 amide bonds. The van der Waals surface area contributed by atoms with Gasteiger partial charge in [-0.15, -0.1) is 0 Å². The molecule has 6 heteroatoms. The lowest BCUT2D eigenvalue weighted by Gasteiger charge is -2.12. The number of aromatic nitrogens is 1. The first-order valence-corrected chi connectivity index (χ1v) is 5.52. The number of hydrogen-bond donors (Lipinski definition) is 1. The molecular weight excluding hydrogens is 262 g/mol. The minimum absolute atomic E-state index is 0.108. The maximum atomic E-state index is 13.4. The first kappa shape index (κ1) is 13.6. The lowest BCUT2D eigenvalue weighted by Crippen LogP contribution is -2.19. The van der Waals surface area contributed by atoms with Crippen molar-refractivity contribution < 1.29 is 22.7 Å². The molecule has 0 saturated carbocycles. The predicted octanol–water partition coefficient (Wildman–Crippen LogP) is 3.27. The van der Waals surface area contributed by atoms with Crippen LogP contribution >= 0.6 is 0 Å². The van der Waals surface area contributed by atoms with E-state index in [1.54, 1.807) is 12.1 Å². The summed E-state index contributed by atoms with van der Waals surface area (Å²) in [6.45, 7) is 0.108.